The number of carbonyl (C=O) groups excluding carboxylic acids is 1. The topological polar surface area (TPSA) is 91.3 Å². The van der Waals surface area contributed by atoms with E-state index in [1.54, 1.807) is 26.0 Å². The predicted octanol–water partition coefficient (Wildman–Crippen LogP) is 6.98. The van der Waals surface area contributed by atoms with Gasteiger partial charge in [-0.1, -0.05) is 75.1 Å². The first-order chi connectivity index (χ1) is 19.6. The number of nitrogens with zero attached hydrogens (tertiary/aromatic N) is 4. The van der Waals surface area contributed by atoms with Crippen LogP contribution in [0.4, 0.5) is 13.2 Å². The molecule has 6 nitrogen and oxygen atoms in total. The third-order valence-corrected chi connectivity index (χ3v) is 9.91. The van der Waals surface area contributed by atoms with Crippen LogP contribution in [0.5, 0.6) is 0 Å². The number of hydrogen-bond acceptors (Lipinski definition) is 4. The molecule has 2 aliphatic heterocycles. The Morgan fingerprint density at radius 3 is 1.72 bits per heavy atom. The second kappa shape index (κ2) is 11.0. The van der Waals surface area contributed by atoms with Crippen LogP contribution in [0.15, 0.2) is 24.3 Å². The Morgan fingerprint density at radius 2 is 1.26 bits per heavy atom. The van der Waals surface area contributed by atoms with Gasteiger partial charge in [0.25, 0.3) is 0 Å². The Labute approximate surface area is 262 Å². The normalized spacial score (nSPS) is 23.9. The van der Waals surface area contributed by atoms with Gasteiger partial charge in [0.05, 0.1) is 22.2 Å². The van der Waals surface area contributed by atoms with Crippen molar-refractivity contribution < 1.29 is 42.6 Å². The molecule has 0 fully saturated rings. The summed E-state index contributed by atoms with van der Waals surface area (Å²) in [5, 5.41) is 11.6. The zero-order chi connectivity index (χ0) is 31.0. The monoisotopic (exact) mass is 642 g/mol. The van der Waals surface area contributed by atoms with E-state index < -0.39 is 28.3 Å². The molecule has 43 heavy (non-hydrogen) atoms. The van der Waals surface area contributed by atoms with E-state index in [1.165, 1.54) is 13.0 Å². The van der Waals surface area contributed by atoms with Gasteiger partial charge in [-0.2, -0.15) is 13.2 Å². The maximum atomic E-state index is 14.9. The Kier molecular flexibility index (Phi) is 8.42. The third-order valence-electron chi connectivity index (χ3n) is 9.91. The van der Waals surface area contributed by atoms with E-state index in [9.17, 15) is 23.1 Å². The average molecular weight is 644 g/mol. The fourth-order valence-electron chi connectivity index (χ4n) is 6.55. The Hall–Kier alpha value is -2.84. The minimum atomic E-state index is -5.02. The standard InChI is InChI=1S/C33H38F3N4O2.Zn/c1-9-19-17(5)22-15-28-32(42,33(34,35)36)31(8,12-4)27(40-28)16-24-20(10-2)18(6)21(38-24)14-26-30(7,11-3)29(41)25(39-26)13-23(19)37-22;/h13-16,42H,9-12H2,1-8H3,(H-,37,38,39,40,41);/q-1;+2/p-1. The smallest absolute Gasteiger partial charge is 0.657 e. The van der Waals surface area contributed by atoms with E-state index in [0.29, 0.717) is 47.1 Å². The van der Waals surface area contributed by atoms with Crippen molar-refractivity contribution in [2.24, 2.45) is 0 Å². The molecule has 0 radical (unpaired) electrons. The summed E-state index contributed by atoms with van der Waals surface area (Å²) in [5.74, 6) is -0.135. The van der Waals surface area contributed by atoms with E-state index in [2.05, 4.69) is 9.97 Å². The van der Waals surface area contributed by atoms with Gasteiger partial charge in [0.2, 0.25) is 5.60 Å². The van der Waals surface area contributed by atoms with Crippen LogP contribution in [-0.2, 0) is 48.8 Å². The second-order valence-electron chi connectivity index (χ2n) is 11.9. The fraction of sp³-hybridized carbons (Fsp3) is 0.485. The van der Waals surface area contributed by atoms with Gasteiger partial charge in [-0.05, 0) is 52.5 Å². The van der Waals surface area contributed by atoms with E-state index in [-0.39, 0.29) is 48.6 Å². The van der Waals surface area contributed by atoms with Crippen molar-refractivity contribution in [3.05, 3.63) is 69.3 Å². The number of aromatic nitrogens is 4. The number of rotatable bonds is 4. The van der Waals surface area contributed by atoms with E-state index in [4.69, 9.17) is 9.97 Å². The number of aryl methyl sites for hydroxylation is 4. The maximum absolute atomic E-state index is 14.9. The quantitative estimate of drug-likeness (QED) is 0.309. The molecule has 224 valence electrons. The molecule has 0 spiro atoms. The number of aliphatic hydroxyl groups is 1. The van der Waals surface area contributed by atoms with Crippen LogP contribution in [0.3, 0.4) is 0 Å². The Morgan fingerprint density at radius 1 is 0.767 bits per heavy atom. The molecular formula is C33H37F3N4O2Zn. The molecule has 0 saturated carbocycles. The van der Waals surface area contributed by atoms with E-state index in [0.717, 1.165) is 16.7 Å². The van der Waals surface area contributed by atoms with Crippen LogP contribution in [0.25, 0.3) is 22.1 Å². The van der Waals surface area contributed by atoms with Crippen molar-refractivity contribution in [3.63, 3.8) is 0 Å². The number of hydrogen-bond donors (Lipinski definition) is 1. The molecule has 1 N–H and O–H groups in total. The van der Waals surface area contributed by atoms with Gasteiger partial charge in [-0.15, -0.1) is 22.1 Å². The largest absolute Gasteiger partial charge is 2.00 e. The van der Waals surface area contributed by atoms with Gasteiger partial charge >= 0.3 is 25.7 Å². The third kappa shape index (κ3) is 4.54. The van der Waals surface area contributed by atoms with Crippen molar-refractivity contribution >= 4 is 27.9 Å². The van der Waals surface area contributed by atoms with Crippen molar-refractivity contribution in [1.29, 1.82) is 0 Å². The van der Waals surface area contributed by atoms with E-state index >= 15 is 0 Å². The van der Waals surface area contributed by atoms with Crippen LogP contribution in [0.2, 0.25) is 0 Å². The van der Waals surface area contributed by atoms with E-state index in [1.807, 2.05) is 40.7 Å². The summed E-state index contributed by atoms with van der Waals surface area (Å²) in [4.78, 5) is 32.5. The molecule has 10 heteroatoms. The first-order valence-electron chi connectivity index (χ1n) is 14.6. The second-order valence-corrected chi connectivity index (χ2v) is 11.9. The van der Waals surface area contributed by atoms with Gasteiger partial charge in [0, 0.05) is 5.69 Å². The average Bonchev–Trinajstić information content (AvgIpc) is 3.55. The molecule has 3 unspecified atom stereocenters. The summed E-state index contributed by atoms with van der Waals surface area (Å²) in [7, 11) is 0. The molecule has 3 aromatic rings. The zero-order valence-electron chi connectivity index (χ0n) is 26.1. The number of Topliss-reactive ketones (excluding diaryl/α,β-unsaturated/α-hetero) is 1. The van der Waals surface area contributed by atoms with Crippen molar-refractivity contribution in [2.45, 2.75) is 104 Å². The van der Waals surface area contributed by atoms with Gasteiger partial charge in [0.1, 0.15) is 5.69 Å². The molecular weight excluding hydrogens is 607 g/mol. The molecule has 8 bridgehead atoms. The number of alkyl halides is 3. The van der Waals surface area contributed by atoms with Crippen LogP contribution >= 0.6 is 0 Å². The van der Waals surface area contributed by atoms with Gasteiger partial charge in [-0.3, -0.25) is 9.78 Å². The van der Waals surface area contributed by atoms with Crippen LogP contribution in [0, 0.1) is 13.8 Å². The van der Waals surface area contributed by atoms with Gasteiger partial charge in [-0.25, -0.2) is 4.98 Å². The molecule has 0 aliphatic carbocycles. The molecule has 3 atom stereocenters. The Balaban J connectivity index is 0.00000423. The summed E-state index contributed by atoms with van der Waals surface area (Å²) in [6.07, 6.45) is -3.38. The minimum Gasteiger partial charge on any atom is -0.657 e. The van der Waals surface area contributed by atoms with Crippen molar-refractivity contribution in [1.82, 2.24) is 19.9 Å². The fourth-order valence-corrected chi connectivity index (χ4v) is 6.55. The van der Waals surface area contributed by atoms with Crippen molar-refractivity contribution in [2.75, 3.05) is 0 Å². The van der Waals surface area contributed by atoms with Crippen LogP contribution in [0.1, 0.15) is 104 Å². The molecule has 0 saturated heterocycles. The Bertz CT molecular complexity index is 1780. The maximum Gasteiger partial charge on any atom is 2.00 e. The first kappa shape index (κ1) is 33.1. The summed E-state index contributed by atoms with van der Waals surface area (Å²) in [6.45, 7) is 14.4. The summed E-state index contributed by atoms with van der Waals surface area (Å²) < 4.78 is 44.7. The van der Waals surface area contributed by atoms with Crippen LogP contribution < -0.4 is 9.97 Å². The number of halogens is 3. The number of carbonyl (C=O) groups is 1. The summed E-state index contributed by atoms with van der Waals surface area (Å²) in [6, 6.07) is 6.28. The zero-order valence-corrected chi connectivity index (χ0v) is 29.1. The molecule has 0 aromatic carbocycles. The van der Waals surface area contributed by atoms with Gasteiger partial charge in [0.15, 0.2) is 5.78 Å². The van der Waals surface area contributed by atoms with Crippen LogP contribution in [-0.4, -0.2) is 27.0 Å². The molecule has 3 aromatic heterocycles. The first-order valence-corrected chi connectivity index (χ1v) is 14.6. The SMILES string of the molecule is CCc1c(C)c2cc3nc(cc4[n-]c(cc5nc(cc1[n-]2)C(=O)C5(C)CC)c(C)c4CC)C(C)(CC)C3(O)C(F)(F)F.[Zn+2]. The molecule has 2 aliphatic rings. The number of ketones is 1. The van der Waals surface area contributed by atoms with Gasteiger partial charge < -0.3 is 15.1 Å². The molecule has 5 rings (SSSR count). The summed E-state index contributed by atoms with van der Waals surface area (Å²) >= 11 is 0. The summed E-state index contributed by atoms with van der Waals surface area (Å²) in [5.41, 5.74) is -0.403. The molecule has 5 heterocycles. The molecule has 0 amide bonds. The minimum absolute atomic E-state index is 0. The predicted molar refractivity (Wildman–Crippen MR) is 157 cm³/mol. The van der Waals surface area contributed by atoms with Crippen molar-refractivity contribution in [3.8, 4) is 0 Å². The number of fused-ring (bicyclic) bond motifs is 8.